The average molecular weight is 282 g/mol. The van der Waals surface area contributed by atoms with Crippen LogP contribution in [0.4, 0.5) is 0 Å². The van der Waals surface area contributed by atoms with E-state index in [-0.39, 0.29) is 0 Å². The zero-order chi connectivity index (χ0) is 14.8. The molecule has 0 bridgehead atoms. The van der Waals surface area contributed by atoms with E-state index in [9.17, 15) is 0 Å². The van der Waals surface area contributed by atoms with Gasteiger partial charge in [0.1, 0.15) is 0 Å². The number of likely N-dealkylation sites (N-methyl/N-ethyl adjacent to an activating group) is 1. The van der Waals surface area contributed by atoms with E-state index in [1.807, 2.05) is 10.9 Å². The van der Waals surface area contributed by atoms with Crippen LogP contribution in [-0.4, -0.2) is 71.6 Å². The van der Waals surface area contributed by atoms with Crippen molar-refractivity contribution in [3.8, 4) is 0 Å². The van der Waals surface area contributed by atoms with Crippen molar-refractivity contribution in [3.05, 3.63) is 11.9 Å². The highest BCUT2D eigenvalue weighted by Gasteiger charge is 2.05. The second-order valence-corrected chi connectivity index (χ2v) is 5.34. The van der Waals surface area contributed by atoms with Gasteiger partial charge in [0.25, 0.3) is 0 Å². The van der Waals surface area contributed by atoms with Crippen molar-refractivity contribution >= 4 is 0 Å². The van der Waals surface area contributed by atoms with Gasteiger partial charge in [0.2, 0.25) is 0 Å². The molecule has 6 nitrogen and oxygen atoms in total. The maximum absolute atomic E-state index is 4.18. The van der Waals surface area contributed by atoms with Crippen LogP contribution in [0.15, 0.2) is 6.20 Å². The van der Waals surface area contributed by atoms with Gasteiger partial charge in [0.05, 0.1) is 12.2 Å². The van der Waals surface area contributed by atoms with E-state index in [4.69, 9.17) is 0 Å². The van der Waals surface area contributed by atoms with Gasteiger partial charge in [-0.2, -0.15) is 0 Å². The fourth-order valence-electron chi connectivity index (χ4n) is 2.06. The Kier molecular flexibility index (Phi) is 8.41. The molecule has 0 aliphatic heterocycles. The molecule has 1 heterocycles. The van der Waals surface area contributed by atoms with E-state index < -0.39 is 0 Å². The molecule has 0 atom stereocenters. The van der Waals surface area contributed by atoms with Crippen molar-refractivity contribution in [1.29, 1.82) is 0 Å². The first-order valence-corrected chi connectivity index (χ1v) is 7.62. The molecule has 20 heavy (non-hydrogen) atoms. The number of aromatic nitrogens is 3. The lowest BCUT2D eigenvalue weighted by Gasteiger charge is -2.21. The number of nitrogens with zero attached hydrogens (tertiary/aromatic N) is 5. The van der Waals surface area contributed by atoms with Gasteiger partial charge < -0.3 is 15.1 Å². The van der Waals surface area contributed by atoms with E-state index in [0.717, 1.165) is 51.5 Å². The van der Waals surface area contributed by atoms with E-state index in [0.29, 0.717) is 0 Å². The van der Waals surface area contributed by atoms with Gasteiger partial charge in [-0.3, -0.25) is 4.68 Å². The zero-order valence-electron chi connectivity index (χ0n) is 13.5. The second kappa shape index (κ2) is 9.85. The molecule has 1 aromatic heterocycles. The van der Waals surface area contributed by atoms with Crippen molar-refractivity contribution in [3.63, 3.8) is 0 Å². The van der Waals surface area contributed by atoms with E-state index >= 15 is 0 Å². The summed E-state index contributed by atoms with van der Waals surface area (Å²) in [6, 6.07) is 0. The molecule has 0 saturated carbocycles. The van der Waals surface area contributed by atoms with E-state index in [1.165, 1.54) is 6.42 Å². The van der Waals surface area contributed by atoms with Crippen molar-refractivity contribution < 1.29 is 0 Å². The number of hydrogen-bond donors (Lipinski definition) is 1. The molecule has 0 aliphatic carbocycles. The molecule has 0 saturated heterocycles. The van der Waals surface area contributed by atoms with E-state index in [1.54, 1.807) is 0 Å². The van der Waals surface area contributed by atoms with Crippen molar-refractivity contribution in [1.82, 2.24) is 30.1 Å². The normalized spacial score (nSPS) is 11.7. The fraction of sp³-hybridized carbons (Fsp3) is 0.857. The minimum Gasteiger partial charge on any atom is -0.311 e. The summed E-state index contributed by atoms with van der Waals surface area (Å²) in [5.74, 6) is 0. The van der Waals surface area contributed by atoms with Gasteiger partial charge in [-0.05, 0) is 46.7 Å². The van der Waals surface area contributed by atoms with Crippen LogP contribution in [0, 0.1) is 0 Å². The number of nitrogens with one attached hydrogen (secondary N) is 1. The molecule has 6 heteroatoms. The summed E-state index contributed by atoms with van der Waals surface area (Å²) < 4.78 is 1.95. The molecule has 0 fully saturated rings. The van der Waals surface area contributed by atoms with Crippen LogP contribution in [0.3, 0.4) is 0 Å². The molecule has 0 spiro atoms. The van der Waals surface area contributed by atoms with Crippen molar-refractivity contribution in [2.45, 2.75) is 33.4 Å². The SMILES string of the molecule is CCNCc1cn(CCN(CC)CCCN(C)C)nn1. The van der Waals surface area contributed by atoms with Crippen LogP contribution in [0.5, 0.6) is 0 Å². The van der Waals surface area contributed by atoms with Gasteiger partial charge in [-0.25, -0.2) is 0 Å². The highest BCUT2D eigenvalue weighted by molar-refractivity contribution is 4.91. The summed E-state index contributed by atoms with van der Waals surface area (Å²) in [4.78, 5) is 4.70. The molecule has 0 aliphatic rings. The summed E-state index contributed by atoms with van der Waals surface area (Å²) in [5, 5.41) is 11.6. The molecule has 1 rings (SSSR count). The summed E-state index contributed by atoms with van der Waals surface area (Å²) in [7, 11) is 4.25. The van der Waals surface area contributed by atoms with Gasteiger partial charge in [0, 0.05) is 19.3 Å². The lowest BCUT2D eigenvalue weighted by atomic mass is 10.3. The van der Waals surface area contributed by atoms with Crippen molar-refractivity contribution in [2.75, 3.05) is 46.8 Å². The van der Waals surface area contributed by atoms with Gasteiger partial charge >= 0.3 is 0 Å². The molecule has 0 unspecified atom stereocenters. The molecular formula is C14H30N6. The molecule has 1 N–H and O–H groups in total. The third-order valence-electron chi connectivity index (χ3n) is 3.31. The quantitative estimate of drug-likeness (QED) is 0.646. The predicted octanol–water partition coefficient (Wildman–Crippen LogP) is 0.661. The molecule has 0 amide bonds. The predicted molar refractivity (Wildman–Crippen MR) is 82.7 cm³/mol. The Hall–Kier alpha value is -0.980. The highest BCUT2D eigenvalue weighted by Crippen LogP contribution is 1.97. The first kappa shape index (κ1) is 17.1. The highest BCUT2D eigenvalue weighted by atomic mass is 15.4. The van der Waals surface area contributed by atoms with Crippen LogP contribution < -0.4 is 5.32 Å². The summed E-state index contributed by atoms with van der Waals surface area (Å²) in [6.07, 6.45) is 3.25. The summed E-state index contributed by atoms with van der Waals surface area (Å²) in [5.41, 5.74) is 1.02. The average Bonchev–Trinajstić information content (AvgIpc) is 2.87. The molecular weight excluding hydrogens is 252 g/mol. The Labute approximate surface area is 123 Å². The summed E-state index contributed by atoms with van der Waals surface area (Å²) >= 11 is 0. The zero-order valence-corrected chi connectivity index (χ0v) is 13.5. The Bertz CT molecular complexity index is 349. The Balaban J connectivity index is 2.27. The van der Waals surface area contributed by atoms with Crippen molar-refractivity contribution in [2.24, 2.45) is 0 Å². The molecule has 116 valence electrons. The maximum atomic E-state index is 4.18. The lowest BCUT2D eigenvalue weighted by Crippen LogP contribution is -2.30. The topological polar surface area (TPSA) is 49.2 Å². The second-order valence-electron chi connectivity index (χ2n) is 5.34. The van der Waals surface area contributed by atoms with Gasteiger partial charge in [0.15, 0.2) is 0 Å². The smallest absolute Gasteiger partial charge is 0.0964 e. The monoisotopic (exact) mass is 282 g/mol. The fourth-order valence-corrected chi connectivity index (χ4v) is 2.06. The lowest BCUT2D eigenvalue weighted by molar-refractivity contribution is 0.253. The standard InChI is InChI=1S/C14H30N6/c1-5-15-12-14-13-20(17-16-14)11-10-19(6-2)9-7-8-18(3)4/h13,15H,5-12H2,1-4H3. The Morgan fingerprint density at radius 3 is 2.65 bits per heavy atom. The third kappa shape index (κ3) is 6.98. The largest absolute Gasteiger partial charge is 0.311 e. The van der Waals surface area contributed by atoms with Crippen LogP contribution in [0.1, 0.15) is 26.0 Å². The van der Waals surface area contributed by atoms with E-state index in [2.05, 4.69) is 53.4 Å². The minimum atomic E-state index is 0.802. The Morgan fingerprint density at radius 2 is 2.00 bits per heavy atom. The van der Waals surface area contributed by atoms with Gasteiger partial charge in [-0.15, -0.1) is 5.10 Å². The van der Waals surface area contributed by atoms with Crippen LogP contribution in [-0.2, 0) is 13.1 Å². The molecule has 0 radical (unpaired) electrons. The molecule has 0 aromatic carbocycles. The number of hydrogen-bond acceptors (Lipinski definition) is 5. The third-order valence-corrected chi connectivity index (χ3v) is 3.31. The molecule has 1 aromatic rings. The van der Waals surface area contributed by atoms with Crippen LogP contribution >= 0.6 is 0 Å². The number of rotatable bonds is 11. The Morgan fingerprint density at radius 1 is 1.20 bits per heavy atom. The van der Waals surface area contributed by atoms with Gasteiger partial charge in [-0.1, -0.05) is 19.1 Å². The minimum absolute atomic E-state index is 0.802. The van der Waals surface area contributed by atoms with Crippen LogP contribution in [0.2, 0.25) is 0 Å². The first-order valence-electron chi connectivity index (χ1n) is 7.62. The maximum Gasteiger partial charge on any atom is 0.0964 e. The summed E-state index contributed by atoms with van der Waals surface area (Å²) in [6.45, 7) is 11.4. The van der Waals surface area contributed by atoms with Crippen LogP contribution in [0.25, 0.3) is 0 Å². The first-order chi connectivity index (χ1) is 9.65.